The lowest BCUT2D eigenvalue weighted by molar-refractivity contribution is -0.150. The fraction of sp³-hybridized carbons (Fsp3) is 0.538. The fourth-order valence-corrected chi connectivity index (χ4v) is 3.22. The van der Waals surface area contributed by atoms with Crippen molar-refractivity contribution in [1.29, 1.82) is 0 Å². The third kappa shape index (κ3) is 2.03. The SMILES string of the molecule is CC1NC(=O)C(C2CC2)N(Cc2cccs2)C1=O. The molecule has 5 heteroatoms. The monoisotopic (exact) mass is 264 g/mol. The summed E-state index contributed by atoms with van der Waals surface area (Å²) in [5.41, 5.74) is 0. The summed E-state index contributed by atoms with van der Waals surface area (Å²) in [7, 11) is 0. The molecule has 0 radical (unpaired) electrons. The average molecular weight is 264 g/mol. The van der Waals surface area contributed by atoms with E-state index in [1.54, 1.807) is 23.2 Å². The summed E-state index contributed by atoms with van der Waals surface area (Å²) in [6.45, 7) is 2.32. The highest BCUT2D eigenvalue weighted by atomic mass is 32.1. The number of piperazine rings is 1. The summed E-state index contributed by atoms with van der Waals surface area (Å²) in [6, 6.07) is 3.34. The maximum Gasteiger partial charge on any atom is 0.245 e. The van der Waals surface area contributed by atoms with Crippen molar-refractivity contribution in [3.63, 3.8) is 0 Å². The van der Waals surface area contributed by atoms with Gasteiger partial charge in [-0.15, -0.1) is 11.3 Å². The van der Waals surface area contributed by atoms with E-state index in [9.17, 15) is 9.59 Å². The third-order valence-electron chi connectivity index (χ3n) is 3.59. The van der Waals surface area contributed by atoms with E-state index in [1.165, 1.54) is 0 Å². The van der Waals surface area contributed by atoms with E-state index in [0.717, 1.165) is 17.7 Å². The lowest BCUT2D eigenvalue weighted by Gasteiger charge is -2.38. The maximum absolute atomic E-state index is 12.3. The van der Waals surface area contributed by atoms with Crippen LogP contribution in [0, 0.1) is 5.92 Å². The lowest BCUT2D eigenvalue weighted by Crippen LogP contribution is -2.62. The summed E-state index contributed by atoms with van der Waals surface area (Å²) in [6.07, 6.45) is 2.11. The van der Waals surface area contributed by atoms with Gasteiger partial charge in [-0.1, -0.05) is 6.07 Å². The molecule has 1 aliphatic heterocycles. The smallest absolute Gasteiger partial charge is 0.245 e. The van der Waals surface area contributed by atoms with Gasteiger partial charge in [0.25, 0.3) is 0 Å². The molecule has 1 aromatic heterocycles. The number of nitrogens with zero attached hydrogens (tertiary/aromatic N) is 1. The first-order valence-electron chi connectivity index (χ1n) is 6.30. The van der Waals surface area contributed by atoms with Gasteiger partial charge in [-0.25, -0.2) is 0 Å². The molecule has 3 rings (SSSR count). The second kappa shape index (κ2) is 4.39. The Balaban J connectivity index is 1.85. The van der Waals surface area contributed by atoms with E-state index in [4.69, 9.17) is 0 Å². The minimum atomic E-state index is -0.396. The van der Waals surface area contributed by atoms with Crippen LogP contribution in [0.1, 0.15) is 24.6 Å². The molecule has 2 aliphatic rings. The van der Waals surface area contributed by atoms with Crippen LogP contribution in [-0.2, 0) is 16.1 Å². The highest BCUT2D eigenvalue weighted by Crippen LogP contribution is 2.37. The first kappa shape index (κ1) is 11.7. The molecule has 1 N–H and O–H groups in total. The van der Waals surface area contributed by atoms with Crippen LogP contribution < -0.4 is 5.32 Å². The van der Waals surface area contributed by atoms with E-state index in [1.807, 2.05) is 17.5 Å². The quantitative estimate of drug-likeness (QED) is 0.896. The van der Waals surface area contributed by atoms with Crippen molar-refractivity contribution < 1.29 is 9.59 Å². The fourth-order valence-electron chi connectivity index (χ4n) is 2.52. The van der Waals surface area contributed by atoms with Crippen LogP contribution in [-0.4, -0.2) is 28.8 Å². The Labute approximate surface area is 110 Å². The van der Waals surface area contributed by atoms with Crippen LogP contribution in [0.5, 0.6) is 0 Å². The molecule has 4 nitrogen and oxygen atoms in total. The molecular weight excluding hydrogens is 248 g/mol. The number of rotatable bonds is 3. The van der Waals surface area contributed by atoms with Gasteiger partial charge in [-0.05, 0) is 37.1 Å². The number of carbonyl (C=O) groups is 2. The van der Waals surface area contributed by atoms with Gasteiger partial charge in [-0.3, -0.25) is 9.59 Å². The molecule has 0 aromatic carbocycles. The number of thiophene rings is 1. The molecule has 18 heavy (non-hydrogen) atoms. The molecule has 2 amide bonds. The van der Waals surface area contributed by atoms with Crippen LogP contribution in [0.3, 0.4) is 0 Å². The Morgan fingerprint density at radius 2 is 2.22 bits per heavy atom. The highest BCUT2D eigenvalue weighted by Gasteiger charge is 2.46. The molecule has 2 heterocycles. The summed E-state index contributed by atoms with van der Waals surface area (Å²) < 4.78 is 0. The van der Waals surface area contributed by atoms with Crippen molar-refractivity contribution in [2.45, 2.75) is 38.4 Å². The number of amides is 2. The molecule has 1 aliphatic carbocycles. The van der Waals surface area contributed by atoms with Crippen molar-refractivity contribution in [2.24, 2.45) is 5.92 Å². The van der Waals surface area contributed by atoms with Gasteiger partial charge in [0.05, 0.1) is 6.54 Å². The molecule has 2 unspecified atom stereocenters. The number of nitrogens with one attached hydrogen (secondary N) is 1. The number of hydrogen-bond donors (Lipinski definition) is 1. The summed E-state index contributed by atoms with van der Waals surface area (Å²) in [4.78, 5) is 27.2. The van der Waals surface area contributed by atoms with Crippen LogP contribution in [0.4, 0.5) is 0 Å². The van der Waals surface area contributed by atoms with Crippen molar-refractivity contribution >= 4 is 23.2 Å². The molecule has 2 atom stereocenters. The second-order valence-corrected chi connectivity index (χ2v) is 6.09. The molecule has 0 bridgehead atoms. The number of carbonyl (C=O) groups excluding carboxylic acids is 2. The average Bonchev–Trinajstić information content (AvgIpc) is 3.02. The van der Waals surface area contributed by atoms with E-state index < -0.39 is 6.04 Å². The maximum atomic E-state index is 12.3. The van der Waals surface area contributed by atoms with E-state index in [2.05, 4.69) is 5.32 Å². The van der Waals surface area contributed by atoms with Crippen LogP contribution in [0.15, 0.2) is 17.5 Å². The van der Waals surface area contributed by atoms with Gasteiger partial charge in [0.1, 0.15) is 12.1 Å². The van der Waals surface area contributed by atoms with E-state index in [0.29, 0.717) is 12.5 Å². The minimum Gasteiger partial charge on any atom is -0.343 e. The Bertz CT molecular complexity index is 467. The molecule has 0 spiro atoms. The van der Waals surface area contributed by atoms with Crippen LogP contribution in [0.2, 0.25) is 0 Å². The molecule has 1 aromatic rings. The largest absolute Gasteiger partial charge is 0.343 e. The zero-order valence-corrected chi connectivity index (χ0v) is 11.1. The van der Waals surface area contributed by atoms with Gasteiger partial charge in [0.15, 0.2) is 0 Å². The molecule has 96 valence electrons. The minimum absolute atomic E-state index is 0.0150. The van der Waals surface area contributed by atoms with E-state index in [-0.39, 0.29) is 17.9 Å². The van der Waals surface area contributed by atoms with Gasteiger partial charge in [0.2, 0.25) is 11.8 Å². The van der Waals surface area contributed by atoms with E-state index >= 15 is 0 Å². The molecule has 1 saturated carbocycles. The number of hydrogen-bond acceptors (Lipinski definition) is 3. The zero-order chi connectivity index (χ0) is 12.7. The summed E-state index contributed by atoms with van der Waals surface area (Å²) in [5, 5.41) is 4.78. The Hall–Kier alpha value is -1.36. The second-order valence-electron chi connectivity index (χ2n) is 5.06. The predicted octanol–water partition coefficient (Wildman–Crippen LogP) is 1.37. The summed E-state index contributed by atoms with van der Waals surface area (Å²) in [5.74, 6) is 0.419. The molecule has 1 saturated heterocycles. The van der Waals surface area contributed by atoms with Crippen molar-refractivity contribution in [2.75, 3.05) is 0 Å². The molecule has 2 fully saturated rings. The first-order valence-corrected chi connectivity index (χ1v) is 7.18. The van der Waals surface area contributed by atoms with Crippen molar-refractivity contribution in [3.8, 4) is 0 Å². The highest BCUT2D eigenvalue weighted by molar-refractivity contribution is 7.09. The van der Waals surface area contributed by atoms with Gasteiger partial charge in [-0.2, -0.15) is 0 Å². The Morgan fingerprint density at radius 3 is 2.83 bits per heavy atom. The normalized spacial score (nSPS) is 28.4. The van der Waals surface area contributed by atoms with Crippen LogP contribution in [0.25, 0.3) is 0 Å². The predicted molar refractivity (Wildman–Crippen MR) is 69.0 cm³/mol. The molecular formula is C13H16N2O2S. The topological polar surface area (TPSA) is 49.4 Å². The van der Waals surface area contributed by atoms with Gasteiger partial charge < -0.3 is 10.2 Å². The van der Waals surface area contributed by atoms with Gasteiger partial charge >= 0.3 is 0 Å². The standard InChI is InChI=1S/C13H16N2O2S/c1-8-13(17)15(7-10-3-2-6-18-10)11(9-4-5-9)12(16)14-8/h2-3,6,8-9,11H,4-5,7H2,1H3,(H,14,16). The first-order chi connectivity index (χ1) is 8.66. The summed E-state index contributed by atoms with van der Waals surface area (Å²) >= 11 is 1.63. The van der Waals surface area contributed by atoms with Crippen molar-refractivity contribution in [3.05, 3.63) is 22.4 Å². The Morgan fingerprint density at radius 1 is 1.44 bits per heavy atom. The lowest BCUT2D eigenvalue weighted by atomic mass is 10.0. The van der Waals surface area contributed by atoms with Crippen LogP contribution >= 0.6 is 11.3 Å². The Kier molecular flexibility index (Phi) is 2.86. The van der Waals surface area contributed by atoms with Crippen molar-refractivity contribution in [1.82, 2.24) is 10.2 Å². The zero-order valence-electron chi connectivity index (χ0n) is 10.3. The van der Waals surface area contributed by atoms with Gasteiger partial charge in [0, 0.05) is 4.88 Å². The third-order valence-corrected chi connectivity index (χ3v) is 4.45.